The van der Waals surface area contributed by atoms with Crippen LogP contribution in [0.4, 0.5) is 0 Å². The lowest BCUT2D eigenvalue weighted by Crippen LogP contribution is -2.27. The second kappa shape index (κ2) is 9.21. The molecule has 3 rings (SSSR count). The third-order valence-electron chi connectivity index (χ3n) is 4.16. The number of likely N-dealkylation sites (N-methyl/N-ethyl adjacent to an activating group) is 1. The molecule has 1 amide bonds. The van der Waals surface area contributed by atoms with Gasteiger partial charge in [-0.25, -0.2) is 4.68 Å². The van der Waals surface area contributed by atoms with E-state index in [1.165, 1.54) is 11.2 Å². The number of amides is 1. The smallest absolute Gasteiger partial charge is 0.273 e. The number of carbonyl (C=O) groups is 1. The van der Waals surface area contributed by atoms with Crippen molar-refractivity contribution in [1.82, 2.24) is 29.6 Å². The van der Waals surface area contributed by atoms with Crippen molar-refractivity contribution in [3.63, 3.8) is 0 Å². The van der Waals surface area contributed by atoms with Gasteiger partial charge in [0, 0.05) is 19.8 Å². The molecule has 0 radical (unpaired) electrons. The van der Waals surface area contributed by atoms with Crippen LogP contribution in [-0.2, 0) is 4.79 Å². The van der Waals surface area contributed by atoms with E-state index in [-0.39, 0.29) is 12.5 Å². The molecule has 0 N–H and O–H groups in total. The van der Waals surface area contributed by atoms with Gasteiger partial charge in [-0.2, -0.15) is 14.9 Å². The summed E-state index contributed by atoms with van der Waals surface area (Å²) < 4.78 is 14.5. The Bertz CT molecular complexity index is 1050. The standard InChI is InChI=1S/C20H25N7O3/c1-6-29-18-10-16(7-8-17(18)30-12-19(28)25(4)5)11-22-26-13-21-23-20(26)27-15(3)9-14(2)24-27/h7-11,13H,6,12H2,1-5H3/b22-11-. The molecule has 0 bridgehead atoms. The second-order valence-corrected chi connectivity index (χ2v) is 6.78. The molecule has 1 aromatic carbocycles. The molecule has 2 heterocycles. The maximum Gasteiger partial charge on any atom is 0.273 e. The molecule has 10 heteroatoms. The maximum atomic E-state index is 11.8. The van der Waals surface area contributed by atoms with Crippen molar-refractivity contribution in [2.24, 2.45) is 5.10 Å². The Balaban J connectivity index is 1.81. The molecule has 0 saturated carbocycles. The Morgan fingerprint density at radius 2 is 2.00 bits per heavy atom. The van der Waals surface area contributed by atoms with E-state index < -0.39 is 0 Å². The summed E-state index contributed by atoms with van der Waals surface area (Å²) in [6.07, 6.45) is 3.17. The third kappa shape index (κ3) is 4.83. The lowest BCUT2D eigenvalue weighted by atomic mass is 10.2. The maximum absolute atomic E-state index is 11.8. The zero-order valence-corrected chi connectivity index (χ0v) is 17.7. The van der Waals surface area contributed by atoms with Crippen molar-refractivity contribution < 1.29 is 14.3 Å². The summed E-state index contributed by atoms with van der Waals surface area (Å²) in [6, 6.07) is 7.34. The minimum atomic E-state index is -0.132. The van der Waals surface area contributed by atoms with Crippen molar-refractivity contribution in [3.8, 4) is 17.4 Å². The lowest BCUT2D eigenvalue weighted by Gasteiger charge is -2.14. The van der Waals surface area contributed by atoms with Crippen LogP contribution in [0.2, 0.25) is 0 Å². The van der Waals surface area contributed by atoms with Gasteiger partial charge in [0.05, 0.1) is 18.5 Å². The van der Waals surface area contributed by atoms with Gasteiger partial charge in [-0.3, -0.25) is 4.79 Å². The van der Waals surface area contributed by atoms with Gasteiger partial charge >= 0.3 is 0 Å². The zero-order chi connectivity index (χ0) is 21.7. The highest BCUT2D eigenvalue weighted by atomic mass is 16.5. The molecule has 30 heavy (non-hydrogen) atoms. The highest BCUT2D eigenvalue weighted by Crippen LogP contribution is 2.28. The van der Waals surface area contributed by atoms with Gasteiger partial charge in [-0.15, -0.1) is 10.2 Å². The van der Waals surface area contributed by atoms with Crippen LogP contribution in [0, 0.1) is 13.8 Å². The van der Waals surface area contributed by atoms with E-state index in [1.54, 1.807) is 41.8 Å². The number of ether oxygens (including phenoxy) is 2. The molecule has 0 atom stereocenters. The summed E-state index contributed by atoms with van der Waals surface area (Å²) in [6.45, 7) is 6.14. The van der Waals surface area contributed by atoms with Gasteiger partial charge in [0.25, 0.3) is 11.9 Å². The molecule has 3 aromatic rings. The fourth-order valence-corrected chi connectivity index (χ4v) is 2.67. The van der Waals surface area contributed by atoms with Crippen LogP contribution in [0.15, 0.2) is 35.7 Å². The van der Waals surface area contributed by atoms with E-state index in [1.807, 2.05) is 32.9 Å². The number of hydrogen-bond acceptors (Lipinski definition) is 7. The van der Waals surface area contributed by atoms with E-state index in [4.69, 9.17) is 9.47 Å². The fraction of sp³-hybridized carbons (Fsp3) is 0.350. The first-order chi connectivity index (χ1) is 14.4. The van der Waals surface area contributed by atoms with Gasteiger partial charge in [0.15, 0.2) is 18.1 Å². The molecule has 0 unspecified atom stereocenters. The SMILES string of the molecule is CCOc1cc(/C=N\n2cnnc2-n2nc(C)cc2C)ccc1OCC(=O)N(C)C. The topological polar surface area (TPSA) is 99.7 Å². The van der Waals surface area contributed by atoms with Crippen molar-refractivity contribution in [2.75, 3.05) is 27.3 Å². The van der Waals surface area contributed by atoms with Crippen LogP contribution in [-0.4, -0.2) is 69.0 Å². The highest BCUT2D eigenvalue weighted by molar-refractivity contribution is 5.81. The molecular formula is C20H25N7O3. The first kappa shape index (κ1) is 21.0. The number of benzene rings is 1. The number of rotatable bonds is 8. The molecule has 0 saturated heterocycles. The highest BCUT2D eigenvalue weighted by Gasteiger charge is 2.12. The third-order valence-corrected chi connectivity index (χ3v) is 4.16. The van der Waals surface area contributed by atoms with Gasteiger partial charge in [-0.05, 0) is 50.6 Å². The van der Waals surface area contributed by atoms with Crippen molar-refractivity contribution >= 4 is 12.1 Å². The van der Waals surface area contributed by atoms with Crippen LogP contribution >= 0.6 is 0 Å². The summed E-state index contributed by atoms with van der Waals surface area (Å²) >= 11 is 0. The first-order valence-electron chi connectivity index (χ1n) is 9.47. The average Bonchev–Trinajstić information content (AvgIpc) is 3.30. The lowest BCUT2D eigenvalue weighted by molar-refractivity contribution is -0.130. The number of aryl methyl sites for hydroxylation is 2. The Labute approximate surface area is 174 Å². The monoisotopic (exact) mass is 411 g/mol. The summed E-state index contributed by atoms with van der Waals surface area (Å²) in [4.78, 5) is 13.3. The molecule has 2 aromatic heterocycles. The first-order valence-corrected chi connectivity index (χ1v) is 9.47. The van der Waals surface area contributed by atoms with E-state index in [9.17, 15) is 4.79 Å². The van der Waals surface area contributed by atoms with Crippen molar-refractivity contribution in [2.45, 2.75) is 20.8 Å². The minimum absolute atomic E-state index is 0.0623. The second-order valence-electron chi connectivity index (χ2n) is 6.78. The largest absolute Gasteiger partial charge is 0.490 e. The summed E-state index contributed by atoms with van der Waals surface area (Å²) in [7, 11) is 3.36. The Morgan fingerprint density at radius 3 is 2.67 bits per heavy atom. The van der Waals surface area contributed by atoms with Crippen LogP contribution in [0.25, 0.3) is 5.95 Å². The summed E-state index contributed by atoms with van der Waals surface area (Å²) in [5.41, 5.74) is 2.61. The fourth-order valence-electron chi connectivity index (χ4n) is 2.67. The Morgan fingerprint density at radius 1 is 1.20 bits per heavy atom. The average molecular weight is 411 g/mol. The van der Waals surface area contributed by atoms with E-state index in [0.717, 1.165) is 17.0 Å². The normalized spacial score (nSPS) is 11.1. The molecule has 0 fully saturated rings. The van der Waals surface area contributed by atoms with E-state index >= 15 is 0 Å². The van der Waals surface area contributed by atoms with Crippen LogP contribution < -0.4 is 9.47 Å². The Kier molecular flexibility index (Phi) is 6.45. The minimum Gasteiger partial charge on any atom is -0.490 e. The quantitative estimate of drug-likeness (QED) is 0.524. The zero-order valence-electron chi connectivity index (χ0n) is 17.7. The van der Waals surface area contributed by atoms with E-state index in [0.29, 0.717) is 24.1 Å². The summed E-state index contributed by atoms with van der Waals surface area (Å²) in [5.74, 6) is 1.39. The molecule has 0 aliphatic rings. The van der Waals surface area contributed by atoms with Crippen molar-refractivity contribution in [3.05, 3.63) is 47.5 Å². The van der Waals surface area contributed by atoms with Crippen LogP contribution in [0.5, 0.6) is 11.5 Å². The molecule has 0 aliphatic heterocycles. The number of carbonyl (C=O) groups excluding carboxylic acids is 1. The number of hydrogen-bond donors (Lipinski definition) is 0. The number of aromatic nitrogens is 5. The van der Waals surface area contributed by atoms with E-state index in [2.05, 4.69) is 20.4 Å². The van der Waals surface area contributed by atoms with Crippen LogP contribution in [0.3, 0.4) is 0 Å². The van der Waals surface area contributed by atoms with Gasteiger partial charge in [0.2, 0.25) is 0 Å². The number of nitrogens with zero attached hydrogens (tertiary/aromatic N) is 7. The molecule has 0 spiro atoms. The van der Waals surface area contributed by atoms with Gasteiger partial charge in [0.1, 0.15) is 6.33 Å². The molecular weight excluding hydrogens is 386 g/mol. The van der Waals surface area contributed by atoms with Crippen molar-refractivity contribution in [1.29, 1.82) is 0 Å². The van der Waals surface area contributed by atoms with Gasteiger partial charge < -0.3 is 14.4 Å². The molecule has 0 aliphatic carbocycles. The predicted octanol–water partition coefficient (Wildman–Crippen LogP) is 1.83. The summed E-state index contributed by atoms with van der Waals surface area (Å²) in [5, 5.41) is 16.9. The molecule has 158 valence electrons. The molecule has 10 nitrogen and oxygen atoms in total. The Hall–Kier alpha value is -3.69. The van der Waals surface area contributed by atoms with Crippen LogP contribution in [0.1, 0.15) is 23.9 Å². The predicted molar refractivity (Wildman–Crippen MR) is 111 cm³/mol. The van der Waals surface area contributed by atoms with Gasteiger partial charge in [-0.1, -0.05) is 0 Å².